The first-order valence-electron chi connectivity index (χ1n) is 6.77. The van der Waals surface area contributed by atoms with Gasteiger partial charge in [-0.15, -0.1) is 0 Å². The van der Waals surface area contributed by atoms with Gasteiger partial charge in [0.1, 0.15) is 6.33 Å². The number of fused-ring (bicyclic) bond motifs is 1. The second-order valence-electron chi connectivity index (χ2n) is 4.73. The summed E-state index contributed by atoms with van der Waals surface area (Å²) in [5.74, 6) is 0.812. The van der Waals surface area contributed by atoms with Crippen LogP contribution in [-0.4, -0.2) is 31.1 Å². The van der Waals surface area contributed by atoms with Crippen LogP contribution in [0.4, 0.5) is 0 Å². The summed E-state index contributed by atoms with van der Waals surface area (Å²) >= 11 is 0. The van der Waals surface area contributed by atoms with Crippen molar-refractivity contribution in [2.75, 3.05) is 6.54 Å². The van der Waals surface area contributed by atoms with Gasteiger partial charge in [-0.25, -0.2) is 9.67 Å². The van der Waals surface area contributed by atoms with Crippen molar-refractivity contribution in [3.8, 4) is 0 Å². The Labute approximate surface area is 117 Å². The van der Waals surface area contributed by atoms with Crippen molar-refractivity contribution < 1.29 is 0 Å². The van der Waals surface area contributed by atoms with Gasteiger partial charge in [0.2, 0.25) is 0 Å². The third-order valence-corrected chi connectivity index (χ3v) is 3.26. The molecule has 3 aromatic rings. The van der Waals surface area contributed by atoms with Crippen molar-refractivity contribution in [2.45, 2.75) is 20.0 Å². The molecule has 0 radical (unpaired) electrons. The number of para-hydroxylation sites is 1. The second-order valence-corrected chi connectivity index (χ2v) is 4.73. The standard InChI is InChI=1S/C14H18N6/c1-3-15-8-14-16-10-20(18-14)9-12-11-6-4-5-7-13(11)19(2)17-12/h4-7,10,15H,3,8-9H2,1-2H3. The monoisotopic (exact) mass is 270 g/mol. The van der Waals surface area contributed by atoms with Crippen molar-refractivity contribution in [2.24, 2.45) is 7.05 Å². The minimum atomic E-state index is 0.639. The summed E-state index contributed by atoms with van der Waals surface area (Å²) in [7, 11) is 1.96. The third-order valence-electron chi connectivity index (χ3n) is 3.26. The number of hydrogen-bond acceptors (Lipinski definition) is 4. The van der Waals surface area contributed by atoms with Crippen LogP contribution in [0.5, 0.6) is 0 Å². The van der Waals surface area contributed by atoms with Gasteiger partial charge in [0.15, 0.2) is 5.82 Å². The Hall–Kier alpha value is -2.21. The highest BCUT2D eigenvalue weighted by Gasteiger charge is 2.09. The lowest BCUT2D eigenvalue weighted by molar-refractivity contribution is 0.628. The van der Waals surface area contributed by atoms with Crippen molar-refractivity contribution in [3.05, 3.63) is 42.1 Å². The van der Waals surface area contributed by atoms with Crippen LogP contribution in [0.2, 0.25) is 0 Å². The fourth-order valence-electron chi connectivity index (χ4n) is 2.29. The Morgan fingerprint density at radius 3 is 2.90 bits per heavy atom. The average Bonchev–Trinajstić information content (AvgIpc) is 3.03. The fraction of sp³-hybridized carbons (Fsp3) is 0.357. The summed E-state index contributed by atoms with van der Waals surface area (Å²) in [6.45, 7) is 4.32. The van der Waals surface area contributed by atoms with Gasteiger partial charge in [-0.1, -0.05) is 25.1 Å². The van der Waals surface area contributed by atoms with E-state index in [9.17, 15) is 0 Å². The zero-order valence-corrected chi connectivity index (χ0v) is 11.7. The van der Waals surface area contributed by atoms with E-state index in [1.807, 2.05) is 28.5 Å². The van der Waals surface area contributed by atoms with Crippen LogP contribution in [0.1, 0.15) is 18.4 Å². The molecule has 0 aliphatic rings. The molecule has 0 amide bonds. The molecule has 0 saturated heterocycles. The van der Waals surface area contributed by atoms with Crippen LogP contribution in [0.15, 0.2) is 30.6 Å². The smallest absolute Gasteiger partial charge is 0.164 e. The van der Waals surface area contributed by atoms with Crippen molar-refractivity contribution >= 4 is 10.9 Å². The molecular formula is C14H18N6. The van der Waals surface area contributed by atoms with Gasteiger partial charge in [-0.3, -0.25) is 4.68 Å². The molecule has 0 saturated carbocycles. The summed E-state index contributed by atoms with van der Waals surface area (Å²) in [5, 5.41) is 13.4. The number of benzene rings is 1. The number of aryl methyl sites for hydroxylation is 1. The average molecular weight is 270 g/mol. The molecule has 1 aromatic carbocycles. The lowest BCUT2D eigenvalue weighted by Crippen LogP contribution is -2.13. The maximum absolute atomic E-state index is 4.57. The lowest BCUT2D eigenvalue weighted by Gasteiger charge is -1.98. The maximum atomic E-state index is 4.57. The van der Waals surface area contributed by atoms with E-state index in [1.54, 1.807) is 6.33 Å². The van der Waals surface area contributed by atoms with Crippen LogP contribution < -0.4 is 5.32 Å². The van der Waals surface area contributed by atoms with Gasteiger partial charge in [-0.05, 0) is 12.6 Å². The van der Waals surface area contributed by atoms with Crippen molar-refractivity contribution in [1.29, 1.82) is 0 Å². The SMILES string of the molecule is CCNCc1ncn(Cc2nn(C)c3ccccc23)n1. The maximum Gasteiger partial charge on any atom is 0.164 e. The Bertz CT molecular complexity index is 711. The molecule has 3 rings (SSSR count). The van der Waals surface area contributed by atoms with Gasteiger partial charge in [0, 0.05) is 12.4 Å². The molecule has 0 atom stereocenters. The second kappa shape index (κ2) is 5.42. The third kappa shape index (κ3) is 2.42. The molecule has 0 spiro atoms. The van der Waals surface area contributed by atoms with E-state index < -0.39 is 0 Å². The van der Waals surface area contributed by atoms with E-state index in [-0.39, 0.29) is 0 Å². The summed E-state index contributed by atoms with van der Waals surface area (Å²) in [5.41, 5.74) is 2.15. The molecule has 0 unspecified atom stereocenters. The summed E-state index contributed by atoms with van der Waals surface area (Å²) in [6.07, 6.45) is 1.76. The molecule has 1 N–H and O–H groups in total. The molecule has 6 heteroatoms. The van der Waals surface area contributed by atoms with E-state index in [4.69, 9.17) is 0 Å². The summed E-state index contributed by atoms with van der Waals surface area (Å²) < 4.78 is 3.74. The normalized spacial score (nSPS) is 11.3. The Kier molecular flexibility index (Phi) is 3.47. The summed E-state index contributed by atoms with van der Waals surface area (Å²) in [4.78, 5) is 4.29. The van der Waals surface area contributed by atoms with Gasteiger partial charge >= 0.3 is 0 Å². The van der Waals surface area contributed by atoms with E-state index in [2.05, 4.69) is 39.6 Å². The molecule has 0 bridgehead atoms. The predicted molar refractivity (Wildman–Crippen MR) is 77.2 cm³/mol. The van der Waals surface area contributed by atoms with Gasteiger partial charge in [-0.2, -0.15) is 10.2 Å². The minimum Gasteiger partial charge on any atom is -0.310 e. The summed E-state index contributed by atoms with van der Waals surface area (Å²) in [6, 6.07) is 8.22. The van der Waals surface area contributed by atoms with Crippen LogP contribution in [0.3, 0.4) is 0 Å². The minimum absolute atomic E-state index is 0.639. The molecular weight excluding hydrogens is 252 g/mol. The molecule has 6 nitrogen and oxygen atoms in total. The molecule has 2 aromatic heterocycles. The fourth-order valence-corrected chi connectivity index (χ4v) is 2.29. The van der Waals surface area contributed by atoms with E-state index in [0.717, 1.165) is 23.6 Å². The van der Waals surface area contributed by atoms with Crippen LogP contribution in [0, 0.1) is 0 Å². The molecule has 0 fully saturated rings. The Balaban J connectivity index is 1.84. The first kappa shape index (κ1) is 12.8. The number of nitrogens with one attached hydrogen (secondary N) is 1. The van der Waals surface area contributed by atoms with Crippen LogP contribution in [-0.2, 0) is 20.1 Å². The van der Waals surface area contributed by atoms with Gasteiger partial charge < -0.3 is 5.32 Å². The largest absolute Gasteiger partial charge is 0.310 e. The molecule has 0 aliphatic heterocycles. The quantitative estimate of drug-likeness (QED) is 0.759. The van der Waals surface area contributed by atoms with Crippen LogP contribution in [0.25, 0.3) is 10.9 Å². The Morgan fingerprint density at radius 1 is 1.20 bits per heavy atom. The number of nitrogens with zero attached hydrogens (tertiary/aromatic N) is 5. The zero-order chi connectivity index (χ0) is 13.9. The van der Waals surface area contributed by atoms with Crippen molar-refractivity contribution in [3.63, 3.8) is 0 Å². The highest BCUT2D eigenvalue weighted by Crippen LogP contribution is 2.17. The molecule has 2 heterocycles. The Morgan fingerprint density at radius 2 is 2.05 bits per heavy atom. The number of hydrogen-bond donors (Lipinski definition) is 1. The van der Waals surface area contributed by atoms with Crippen LogP contribution >= 0.6 is 0 Å². The first-order chi connectivity index (χ1) is 9.78. The topological polar surface area (TPSA) is 60.6 Å². The van der Waals surface area contributed by atoms with E-state index in [1.165, 1.54) is 5.39 Å². The first-order valence-corrected chi connectivity index (χ1v) is 6.77. The molecule has 0 aliphatic carbocycles. The van der Waals surface area contributed by atoms with E-state index >= 15 is 0 Å². The number of rotatable bonds is 5. The van der Waals surface area contributed by atoms with Gasteiger partial charge in [0.25, 0.3) is 0 Å². The molecule has 104 valence electrons. The lowest BCUT2D eigenvalue weighted by atomic mass is 10.2. The van der Waals surface area contributed by atoms with E-state index in [0.29, 0.717) is 13.1 Å². The molecule has 20 heavy (non-hydrogen) atoms. The zero-order valence-electron chi connectivity index (χ0n) is 11.7. The predicted octanol–water partition coefficient (Wildman–Crippen LogP) is 1.32. The van der Waals surface area contributed by atoms with Gasteiger partial charge in [0.05, 0.1) is 24.3 Å². The number of aromatic nitrogens is 5. The highest BCUT2D eigenvalue weighted by molar-refractivity contribution is 5.81. The highest BCUT2D eigenvalue weighted by atomic mass is 15.3. The van der Waals surface area contributed by atoms with Crippen molar-refractivity contribution in [1.82, 2.24) is 29.9 Å².